The third-order valence-electron chi connectivity index (χ3n) is 6.01. The number of carbonyl (C=O) groups is 2. The third kappa shape index (κ3) is 6.14. The molecule has 9 heteroatoms. The summed E-state index contributed by atoms with van der Waals surface area (Å²) in [5.74, 6) is -2.17. The van der Waals surface area contributed by atoms with Crippen LogP contribution in [0.1, 0.15) is 58.9 Å². The average molecular weight is 478 g/mol. The topological polar surface area (TPSA) is 102 Å². The van der Waals surface area contributed by atoms with E-state index < -0.39 is 42.3 Å². The van der Waals surface area contributed by atoms with Gasteiger partial charge in [0.25, 0.3) is 5.91 Å². The molecular formula is C25H35NO8. The predicted molar refractivity (Wildman–Crippen MR) is 120 cm³/mol. The van der Waals surface area contributed by atoms with Gasteiger partial charge in [0, 0.05) is 13.0 Å². The van der Waals surface area contributed by atoms with Gasteiger partial charge in [-0.2, -0.15) is 0 Å². The van der Waals surface area contributed by atoms with E-state index in [2.05, 4.69) is 5.32 Å². The minimum Gasteiger partial charge on any atom is -0.461 e. The van der Waals surface area contributed by atoms with Gasteiger partial charge in [0.15, 0.2) is 24.0 Å². The Bertz CT molecular complexity index is 858. The molecule has 3 aliphatic rings. The fraction of sp³-hybridized carbons (Fsp3) is 0.680. The molecule has 0 saturated carbocycles. The SMILES string of the molecule is CC1(C)O[C@@H]2O[C@H](C(=O)NCCCCCC(=O)OCc3ccccc3)[C@@H]3OC(C)(C)O[C@H]3[C@@H]2O1. The van der Waals surface area contributed by atoms with Crippen LogP contribution >= 0.6 is 0 Å². The predicted octanol–water partition coefficient (Wildman–Crippen LogP) is 2.80. The van der Waals surface area contributed by atoms with Gasteiger partial charge < -0.3 is 33.7 Å². The van der Waals surface area contributed by atoms with E-state index in [1.807, 2.05) is 30.3 Å². The number of amides is 1. The molecule has 9 nitrogen and oxygen atoms in total. The molecule has 1 N–H and O–H groups in total. The largest absolute Gasteiger partial charge is 0.461 e. The van der Waals surface area contributed by atoms with Gasteiger partial charge in [0.05, 0.1) is 0 Å². The molecule has 0 spiro atoms. The lowest BCUT2D eigenvalue weighted by molar-refractivity contribution is -0.231. The van der Waals surface area contributed by atoms with E-state index in [-0.39, 0.29) is 18.5 Å². The van der Waals surface area contributed by atoms with Crippen LogP contribution in [0.5, 0.6) is 0 Å². The Balaban J connectivity index is 1.18. The van der Waals surface area contributed by atoms with Gasteiger partial charge in [-0.05, 0) is 46.1 Å². The quantitative estimate of drug-likeness (QED) is 0.428. The fourth-order valence-corrected chi connectivity index (χ4v) is 4.52. The van der Waals surface area contributed by atoms with Gasteiger partial charge >= 0.3 is 5.97 Å². The van der Waals surface area contributed by atoms with E-state index in [4.69, 9.17) is 28.4 Å². The van der Waals surface area contributed by atoms with Gasteiger partial charge in [0.1, 0.15) is 24.9 Å². The number of unbranched alkanes of at least 4 members (excludes halogenated alkanes) is 2. The molecule has 0 bridgehead atoms. The number of rotatable bonds is 9. The van der Waals surface area contributed by atoms with Crippen LogP contribution in [-0.4, -0.2) is 60.7 Å². The zero-order chi connectivity index (χ0) is 24.3. The molecule has 3 fully saturated rings. The van der Waals surface area contributed by atoms with Crippen molar-refractivity contribution < 1.29 is 38.0 Å². The van der Waals surface area contributed by atoms with Crippen molar-refractivity contribution in [2.24, 2.45) is 0 Å². The molecule has 1 amide bonds. The van der Waals surface area contributed by atoms with Gasteiger partial charge in [-0.25, -0.2) is 0 Å². The summed E-state index contributed by atoms with van der Waals surface area (Å²) in [6.45, 7) is 7.97. The Labute approximate surface area is 200 Å². The molecule has 5 atom stereocenters. The van der Waals surface area contributed by atoms with Crippen LogP contribution in [0.25, 0.3) is 0 Å². The summed E-state index contributed by atoms with van der Waals surface area (Å²) >= 11 is 0. The highest BCUT2D eigenvalue weighted by atomic mass is 16.9. The van der Waals surface area contributed by atoms with E-state index >= 15 is 0 Å². The normalized spacial score (nSPS) is 30.9. The van der Waals surface area contributed by atoms with Gasteiger partial charge in [-0.1, -0.05) is 36.8 Å². The Morgan fingerprint density at radius 2 is 1.56 bits per heavy atom. The molecule has 4 rings (SSSR count). The standard InChI is InChI=1S/C25H35NO8/c1-24(2)31-18-19(32-24)21-23(34-25(3,4)33-21)30-20(18)22(28)26-14-10-6-9-13-17(27)29-15-16-11-7-5-8-12-16/h5,7-8,11-12,18-21,23H,6,9-10,13-15H2,1-4H3,(H,26,28)/t18-,19-,20+,21+,23+/m1/s1. The fourth-order valence-electron chi connectivity index (χ4n) is 4.52. The van der Waals surface area contributed by atoms with Crippen molar-refractivity contribution in [2.45, 2.75) is 102 Å². The highest BCUT2D eigenvalue weighted by Gasteiger charge is 2.62. The summed E-state index contributed by atoms with van der Waals surface area (Å²) in [6, 6.07) is 9.59. The average Bonchev–Trinajstić information content (AvgIpc) is 3.28. The molecule has 34 heavy (non-hydrogen) atoms. The summed E-state index contributed by atoms with van der Waals surface area (Å²) < 4.78 is 35.1. The Morgan fingerprint density at radius 3 is 2.32 bits per heavy atom. The van der Waals surface area contributed by atoms with Crippen molar-refractivity contribution in [3.8, 4) is 0 Å². The van der Waals surface area contributed by atoms with Gasteiger partial charge in [-0.15, -0.1) is 0 Å². The molecular weight excluding hydrogens is 442 g/mol. The van der Waals surface area contributed by atoms with Crippen LogP contribution in [0, 0.1) is 0 Å². The molecule has 0 aliphatic carbocycles. The summed E-state index contributed by atoms with van der Waals surface area (Å²) in [5, 5.41) is 2.92. The first-order chi connectivity index (χ1) is 16.1. The first-order valence-electron chi connectivity index (χ1n) is 12.0. The number of ether oxygens (including phenoxy) is 6. The van der Waals surface area contributed by atoms with Crippen molar-refractivity contribution in [2.75, 3.05) is 6.54 Å². The minimum atomic E-state index is -0.863. The monoisotopic (exact) mass is 477 g/mol. The Morgan fingerprint density at radius 1 is 0.882 bits per heavy atom. The van der Waals surface area contributed by atoms with Crippen LogP contribution in [0.3, 0.4) is 0 Å². The summed E-state index contributed by atoms with van der Waals surface area (Å²) in [5.41, 5.74) is 0.968. The van der Waals surface area contributed by atoms with Crippen molar-refractivity contribution in [1.29, 1.82) is 0 Å². The first-order valence-corrected chi connectivity index (χ1v) is 12.0. The van der Waals surface area contributed by atoms with Crippen LogP contribution in [0.15, 0.2) is 30.3 Å². The molecule has 1 aromatic rings. The number of esters is 1. The summed E-state index contributed by atoms with van der Waals surface area (Å²) in [6.07, 6.45) is -0.504. The van der Waals surface area contributed by atoms with E-state index in [1.54, 1.807) is 27.7 Å². The highest BCUT2D eigenvalue weighted by molar-refractivity contribution is 5.81. The molecule has 188 valence electrons. The number of fused-ring (bicyclic) bond motifs is 3. The zero-order valence-corrected chi connectivity index (χ0v) is 20.3. The number of hydrogen-bond donors (Lipinski definition) is 1. The molecule has 0 unspecified atom stereocenters. The Hall–Kier alpha value is -2.04. The lowest BCUT2D eigenvalue weighted by atomic mass is 9.98. The first kappa shape index (κ1) is 25.1. The highest BCUT2D eigenvalue weighted by Crippen LogP contribution is 2.44. The second-order valence-electron chi connectivity index (χ2n) is 9.84. The van der Waals surface area contributed by atoms with Gasteiger partial charge in [-0.3, -0.25) is 9.59 Å². The maximum Gasteiger partial charge on any atom is 0.306 e. The van der Waals surface area contributed by atoms with Crippen molar-refractivity contribution in [3.63, 3.8) is 0 Å². The maximum absolute atomic E-state index is 12.9. The molecule has 0 radical (unpaired) electrons. The van der Waals surface area contributed by atoms with Crippen molar-refractivity contribution in [1.82, 2.24) is 5.32 Å². The number of carbonyl (C=O) groups excluding carboxylic acids is 2. The lowest BCUT2D eigenvalue weighted by Gasteiger charge is -2.36. The second kappa shape index (κ2) is 10.3. The second-order valence-corrected chi connectivity index (χ2v) is 9.84. The minimum absolute atomic E-state index is 0.216. The van der Waals surface area contributed by atoms with E-state index in [0.717, 1.165) is 18.4 Å². The number of hydrogen-bond acceptors (Lipinski definition) is 8. The number of nitrogens with one attached hydrogen (secondary N) is 1. The molecule has 1 aromatic carbocycles. The van der Waals surface area contributed by atoms with Crippen LogP contribution in [0.4, 0.5) is 0 Å². The molecule has 3 heterocycles. The third-order valence-corrected chi connectivity index (χ3v) is 6.01. The molecule has 3 aliphatic heterocycles. The van der Waals surface area contributed by atoms with Gasteiger partial charge in [0.2, 0.25) is 0 Å². The van der Waals surface area contributed by atoms with E-state index in [1.165, 1.54) is 0 Å². The smallest absolute Gasteiger partial charge is 0.306 e. The van der Waals surface area contributed by atoms with E-state index in [0.29, 0.717) is 19.4 Å². The van der Waals surface area contributed by atoms with E-state index in [9.17, 15) is 9.59 Å². The van der Waals surface area contributed by atoms with Crippen molar-refractivity contribution in [3.05, 3.63) is 35.9 Å². The van der Waals surface area contributed by atoms with Crippen LogP contribution in [-0.2, 0) is 44.6 Å². The number of benzene rings is 1. The molecule has 0 aromatic heterocycles. The zero-order valence-electron chi connectivity index (χ0n) is 20.3. The van der Waals surface area contributed by atoms with Crippen molar-refractivity contribution >= 4 is 11.9 Å². The summed E-state index contributed by atoms with van der Waals surface area (Å²) in [7, 11) is 0. The Kier molecular flexibility index (Phi) is 7.59. The maximum atomic E-state index is 12.9. The summed E-state index contributed by atoms with van der Waals surface area (Å²) in [4.78, 5) is 24.8. The lowest BCUT2D eigenvalue weighted by Crippen LogP contribution is -2.59. The van der Waals surface area contributed by atoms with Crippen LogP contribution < -0.4 is 5.32 Å². The molecule has 3 saturated heterocycles. The van der Waals surface area contributed by atoms with Crippen LogP contribution in [0.2, 0.25) is 0 Å².